The van der Waals surface area contributed by atoms with Crippen molar-refractivity contribution in [2.24, 2.45) is 5.41 Å². The molecule has 0 bridgehead atoms. The molecule has 0 spiro atoms. The van der Waals surface area contributed by atoms with E-state index in [0.29, 0.717) is 0 Å². The highest BCUT2D eigenvalue weighted by atomic mass is 16.5. The van der Waals surface area contributed by atoms with Crippen LogP contribution in [0.25, 0.3) is 0 Å². The Morgan fingerprint density at radius 1 is 1.00 bits per heavy atom. The highest BCUT2D eigenvalue weighted by molar-refractivity contribution is 5.42. The van der Waals surface area contributed by atoms with Crippen LogP contribution in [0, 0.1) is 16.7 Å². The first-order valence-electron chi connectivity index (χ1n) is 7.91. The number of rotatable bonds is 2. The van der Waals surface area contributed by atoms with Gasteiger partial charge >= 0.3 is 0 Å². The number of aryl methyl sites for hydroxylation is 2. The molecule has 2 nitrogen and oxygen atoms in total. The zero-order valence-electron chi connectivity index (χ0n) is 12.0. The van der Waals surface area contributed by atoms with Crippen LogP contribution in [0.4, 0.5) is 0 Å². The molecule has 0 unspecified atom stereocenters. The van der Waals surface area contributed by atoms with Crippen molar-refractivity contribution < 1.29 is 4.74 Å². The van der Waals surface area contributed by atoms with Gasteiger partial charge in [0.15, 0.2) is 0 Å². The first-order chi connectivity index (χ1) is 9.80. The zero-order valence-corrected chi connectivity index (χ0v) is 12.0. The summed E-state index contributed by atoms with van der Waals surface area (Å²) < 4.78 is 5.57. The van der Waals surface area contributed by atoms with Crippen molar-refractivity contribution in [3.05, 3.63) is 34.9 Å². The van der Waals surface area contributed by atoms with Crippen LogP contribution in [0.15, 0.2) is 18.2 Å². The SMILES string of the molecule is N#CC1(C2(c3ccc4c(c3)CCCC4)COC2)CCC1. The van der Waals surface area contributed by atoms with E-state index in [1.807, 2.05) is 0 Å². The second-order valence-corrected chi connectivity index (χ2v) is 6.81. The van der Waals surface area contributed by atoms with E-state index in [1.165, 1.54) is 48.8 Å². The molecular weight excluding hydrogens is 246 g/mol. The summed E-state index contributed by atoms with van der Waals surface area (Å²) in [5, 5.41) is 9.73. The van der Waals surface area contributed by atoms with Crippen molar-refractivity contribution >= 4 is 0 Å². The third kappa shape index (κ3) is 1.48. The van der Waals surface area contributed by atoms with Crippen LogP contribution < -0.4 is 0 Å². The predicted molar refractivity (Wildman–Crippen MR) is 77.5 cm³/mol. The van der Waals surface area contributed by atoms with E-state index in [0.717, 1.165) is 26.1 Å². The van der Waals surface area contributed by atoms with Crippen LogP contribution in [0.5, 0.6) is 0 Å². The van der Waals surface area contributed by atoms with Gasteiger partial charge in [0.1, 0.15) is 0 Å². The number of benzene rings is 1. The van der Waals surface area contributed by atoms with Gasteiger partial charge in [-0.05, 0) is 55.2 Å². The van der Waals surface area contributed by atoms with Crippen LogP contribution in [-0.2, 0) is 23.0 Å². The molecule has 2 heteroatoms. The van der Waals surface area contributed by atoms with E-state index < -0.39 is 0 Å². The number of nitriles is 1. The van der Waals surface area contributed by atoms with Crippen LogP contribution in [-0.4, -0.2) is 13.2 Å². The third-order valence-corrected chi connectivity index (χ3v) is 5.94. The molecule has 104 valence electrons. The lowest BCUT2D eigenvalue weighted by Gasteiger charge is -2.56. The summed E-state index contributed by atoms with van der Waals surface area (Å²) in [5.41, 5.74) is 4.23. The van der Waals surface area contributed by atoms with Gasteiger partial charge in [0.2, 0.25) is 0 Å². The molecule has 0 aromatic heterocycles. The Hall–Kier alpha value is -1.33. The Labute approximate surface area is 120 Å². The number of nitrogens with zero attached hydrogens (tertiary/aromatic N) is 1. The maximum Gasteiger partial charge on any atom is 0.0715 e. The minimum atomic E-state index is -0.159. The van der Waals surface area contributed by atoms with Crippen molar-refractivity contribution in [3.63, 3.8) is 0 Å². The average molecular weight is 267 g/mol. The van der Waals surface area contributed by atoms with E-state index in [9.17, 15) is 5.26 Å². The predicted octanol–water partition coefficient (Wildman–Crippen LogP) is 3.53. The second kappa shape index (κ2) is 4.33. The highest BCUT2D eigenvalue weighted by Gasteiger charge is 2.60. The van der Waals surface area contributed by atoms with Gasteiger partial charge in [0.05, 0.1) is 30.1 Å². The van der Waals surface area contributed by atoms with E-state index in [4.69, 9.17) is 4.74 Å². The summed E-state index contributed by atoms with van der Waals surface area (Å²) >= 11 is 0. The van der Waals surface area contributed by atoms with Gasteiger partial charge in [-0.3, -0.25) is 0 Å². The summed E-state index contributed by atoms with van der Waals surface area (Å²) in [5.74, 6) is 0. The monoisotopic (exact) mass is 267 g/mol. The summed E-state index contributed by atoms with van der Waals surface area (Å²) in [7, 11) is 0. The summed E-state index contributed by atoms with van der Waals surface area (Å²) in [6, 6.07) is 9.65. The Bertz CT molecular complexity index is 576. The smallest absolute Gasteiger partial charge is 0.0715 e. The standard InChI is InChI=1S/C18H21NO/c19-11-17(8-3-9-17)18(12-20-13-18)16-7-6-14-4-1-2-5-15(14)10-16/h6-7,10H,1-5,8-9,12-13H2. The van der Waals surface area contributed by atoms with E-state index in [1.54, 1.807) is 0 Å². The molecule has 20 heavy (non-hydrogen) atoms. The molecule has 0 atom stereocenters. The molecule has 4 rings (SSSR count). The fraction of sp³-hybridized carbons (Fsp3) is 0.611. The number of hydrogen-bond acceptors (Lipinski definition) is 2. The normalized spacial score (nSPS) is 25.8. The van der Waals surface area contributed by atoms with Crippen molar-refractivity contribution in [1.29, 1.82) is 5.26 Å². The van der Waals surface area contributed by atoms with Gasteiger partial charge in [0, 0.05) is 0 Å². The van der Waals surface area contributed by atoms with Crippen LogP contribution >= 0.6 is 0 Å². The first kappa shape index (κ1) is 12.4. The topological polar surface area (TPSA) is 33.0 Å². The molecule has 0 radical (unpaired) electrons. The zero-order chi connectivity index (χ0) is 13.6. The molecular formula is C18H21NO. The second-order valence-electron chi connectivity index (χ2n) is 6.81. The molecule has 2 fully saturated rings. The minimum Gasteiger partial charge on any atom is -0.379 e. The fourth-order valence-corrected chi connectivity index (χ4v) is 4.28. The molecule has 1 aliphatic heterocycles. The lowest BCUT2D eigenvalue weighted by molar-refractivity contribution is -0.134. The molecule has 0 N–H and O–H groups in total. The van der Waals surface area contributed by atoms with Gasteiger partial charge in [0.25, 0.3) is 0 Å². The molecule has 1 aromatic carbocycles. The third-order valence-electron chi connectivity index (χ3n) is 5.94. The first-order valence-corrected chi connectivity index (χ1v) is 7.91. The minimum absolute atomic E-state index is 0.0214. The maximum absolute atomic E-state index is 9.73. The van der Waals surface area contributed by atoms with Crippen molar-refractivity contribution in [2.75, 3.05) is 13.2 Å². The molecule has 1 saturated carbocycles. The molecule has 3 aliphatic rings. The Kier molecular flexibility index (Phi) is 2.69. The van der Waals surface area contributed by atoms with Gasteiger partial charge in [-0.15, -0.1) is 0 Å². The number of ether oxygens (including phenoxy) is 1. The Morgan fingerprint density at radius 2 is 1.75 bits per heavy atom. The number of hydrogen-bond donors (Lipinski definition) is 0. The van der Waals surface area contributed by atoms with Gasteiger partial charge in [-0.1, -0.05) is 24.6 Å². The van der Waals surface area contributed by atoms with Crippen molar-refractivity contribution in [1.82, 2.24) is 0 Å². The summed E-state index contributed by atoms with van der Waals surface area (Å²) in [6.07, 6.45) is 8.35. The van der Waals surface area contributed by atoms with Gasteiger partial charge < -0.3 is 4.74 Å². The van der Waals surface area contributed by atoms with Gasteiger partial charge in [-0.25, -0.2) is 0 Å². The molecule has 1 heterocycles. The van der Waals surface area contributed by atoms with E-state index in [2.05, 4.69) is 24.3 Å². The lowest BCUT2D eigenvalue weighted by Crippen LogP contribution is -2.61. The Morgan fingerprint density at radius 3 is 2.30 bits per heavy atom. The molecule has 1 saturated heterocycles. The highest BCUT2D eigenvalue weighted by Crippen LogP contribution is 2.58. The lowest BCUT2D eigenvalue weighted by atomic mass is 9.50. The molecule has 1 aromatic rings. The van der Waals surface area contributed by atoms with E-state index in [-0.39, 0.29) is 10.8 Å². The van der Waals surface area contributed by atoms with Crippen molar-refractivity contribution in [2.45, 2.75) is 50.4 Å². The fourth-order valence-electron chi connectivity index (χ4n) is 4.28. The maximum atomic E-state index is 9.73. The summed E-state index contributed by atoms with van der Waals surface area (Å²) in [6.45, 7) is 1.47. The van der Waals surface area contributed by atoms with Crippen LogP contribution in [0.3, 0.4) is 0 Å². The Balaban J connectivity index is 1.77. The van der Waals surface area contributed by atoms with Crippen LogP contribution in [0.2, 0.25) is 0 Å². The molecule has 2 aliphatic carbocycles. The van der Waals surface area contributed by atoms with E-state index >= 15 is 0 Å². The van der Waals surface area contributed by atoms with Gasteiger partial charge in [-0.2, -0.15) is 5.26 Å². The largest absolute Gasteiger partial charge is 0.379 e. The number of fused-ring (bicyclic) bond motifs is 1. The average Bonchev–Trinajstić information content (AvgIpc) is 2.40. The van der Waals surface area contributed by atoms with Crippen molar-refractivity contribution in [3.8, 4) is 6.07 Å². The molecule has 0 amide bonds. The quantitative estimate of drug-likeness (QED) is 0.821. The van der Waals surface area contributed by atoms with Crippen LogP contribution in [0.1, 0.15) is 48.8 Å². The summed E-state index contributed by atoms with van der Waals surface area (Å²) in [4.78, 5) is 0.